The van der Waals surface area contributed by atoms with Crippen LogP contribution in [0.15, 0.2) is 59.8 Å². The van der Waals surface area contributed by atoms with Crippen molar-refractivity contribution in [3.05, 3.63) is 70.9 Å². The van der Waals surface area contributed by atoms with E-state index in [0.29, 0.717) is 37.4 Å². The number of anilines is 2. The molecule has 2 aliphatic heterocycles. The van der Waals surface area contributed by atoms with Crippen LogP contribution >= 0.6 is 0 Å². The fraction of sp³-hybridized carbons (Fsp3) is 0.346. The third-order valence-electron chi connectivity index (χ3n) is 6.23. The number of carbonyl (C=O) groups is 3. The van der Waals surface area contributed by atoms with Gasteiger partial charge in [0.05, 0.1) is 26.4 Å². The summed E-state index contributed by atoms with van der Waals surface area (Å²) in [6.07, 6.45) is 0. The number of hydrogen-bond acceptors (Lipinski definition) is 8. The van der Waals surface area contributed by atoms with E-state index in [1.807, 2.05) is 60.4 Å². The second-order valence-corrected chi connectivity index (χ2v) is 8.38. The van der Waals surface area contributed by atoms with Gasteiger partial charge in [-0.05, 0) is 43.3 Å². The van der Waals surface area contributed by atoms with Crippen molar-refractivity contribution in [2.45, 2.75) is 6.92 Å². The smallest absolute Gasteiger partial charge is 0.355 e. The molecule has 0 spiro atoms. The Balaban J connectivity index is 1.45. The molecule has 0 N–H and O–H groups in total. The standard InChI is InChI=1S/C26H29N3O6/c1-18-4-6-19(7-5-18)24(30)28-14-12-27(13-15-28)20-8-10-21(11-9-20)29-17-35-16-22(25(31)33-2)23(29)26(32)34-3/h4-11H,12-17H2,1-3H3. The van der Waals surface area contributed by atoms with Crippen molar-refractivity contribution in [2.24, 2.45) is 0 Å². The van der Waals surface area contributed by atoms with Gasteiger partial charge in [0.25, 0.3) is 5.91 Å². The van der Waals surface area contributed by atoms with Gasteiger partial charge >= 0.3 is 11.9 Å². The van der Waals surface area contributed by atoms with E-state index in [9.17, 15) is 14.4 Å². The summed E-state index contributed by atoms with van der Waals surface area (Å²) in [5.74, 6) is -1.22. The number of aryl methyl sites for hydroxylation is 1. The Bertz CT molecular complexity index is 1120. The number of amides is 1. The van der Waals surface area contributed by atoms with Gasteiger partial charge in [-0.1, -0.05) is 17.7 Å². The largest absolute Gasteiger partial charge is 0.466 e. The molecule has 0 radical (unpaired) electrons. The number of ether oxygens (including phenoxy) is 3. The molecule has 35 heavy (non-hydrogen) atoms. The summed E-state index contributed by atoms with van der Waals surface area (Å²) in [4.78, 5) is 43.1. The first kappa shape index (κ1) is 24.3. The van der Waals surface area contributed by atoms with Crippen LogP contribution in [0.25, 0.3) is 0 Å². The highest BCUT2D eigenvalue weighted by molar-refractivity contribution is 6.03. The predicted molar refractivity (Wildman–Crippen MR) is 130 cm³/mol. The summed E-state index contributed by atoms with van der Waals surface area (Å²) < 4.78 is 15.3. The molecule has 2 heterocycles. The van der Waals surface area contributed by atoms with Gasteiger partial charge in [-0.15, -0.1) is 0 Å². The molecule has 0 atom stereocenters. The van der Waals surface area contributed by atoms with Crippen molar-refractivity contribution in [3.8, 4) is 0 Å². The monoisotopic (exact) mass is 479 g/mol. The lowest BCUT2D eigenvalue weighted by molar-refractivity contribution is -0.140. The van der Waals surface area contributed by atoms with Crippen molar-refractivity contribution in [3.63, 3.8) is 0 Å². The number of methoxy groups -OCH3 is 2. The zero-order valence-corrected chi connectivity index (χ0v) is 20.2. The van der Waals surface area contributed by atoms with Crippen LogP contribution in [0, 0.1) is 6.92 Å². The van der Waals surface area contributed by atoms with Gasteiger partial charge in [0.1, 0.15) is 12.4 Å². The molecule has 184 valence electrons. The Morgan fingerprint density at radius 1 is 0.800 bits per heavy atom. The SMILES string of the molecule is COC(=O)C1=C(C(=O)OC)N(c2ccc(N3CCN(C(=O)c4ccc(C)cc4)CC3)cc2)COC1. The third-order valence-corrected chi connectivity index (χ3v) is 6.23. The Morgan fingerprint density at radius 2 is 1.40 bits per heavy atom. The molecule has 9 nitrogen and oxygen atoms in total. The molecule has 0 aliphatic carbocycles. The maximum absolute atomic E-state index is 12.8. The third kappa shape index (κ3) is 5.14. The van der Waals surface area contributed by atoms with Gasteiger partial charge in [0, 0.05) is 43.1 Å². The van der Waals surface area contributed by atoms with Crippen molar-refractivity contribution in [2.75, 3.05) is 63.5 Å². The first-order chi connectivity index (χ1) is 16.9. The average Bonchev–Trinajstić information content (AvgIpc) is 2.92. The van der Waals surface area contributed by atoms with E-state index in [-0.39, 0.29) is 30.5 Å². The predicted octanol–water partition coefficient (Wildman–Crippen LogP) is 2.35. The quantitative estimate of drug-likeness (QED) is 0.604. The van der Waals surface area contributed by atoms with Crippen LogP contribution < -0.4 is 9.80 Å². The molecular weight excluding hydrogens is 450 g/mol. The first-order valence-electron chi connectivity index (χ1n) is 11.4. The Labute approximate surface area is 204 Å². The maximum Gasteiger partial charge on any atom is 0.355 e. The molecule has 2 aromatic carbocycles. The van der Waals surface area contributed by atoms with Gasteiger partial charge in [-0.25, -0.2) is 9.59 Å². The lowest BCUT2D eigenvalue weighted by atomic mass is 10.1. The van der Waals surface area contributed by atoms with Gasteiger partial charge in [-0.2, -0.15) is 0 Å². The second kappa shape index (κ2) is 10.6. The van der Waals surface area contributed by atoms with Crippen LogP contribution in [0.4, 0.5) is 11.4 Å². The molecule has 1 fully saturated rings. The van der Waals surface area contributed by atoms with Crippen LogP contribution in [-0.4, -0.2) is 76.5 Å². The van der Waals surface area contributed by atoms with E-state index in [0.717, 1.165) is 11.3 Å². The van der Waals surface area contributed by atoms with Gasteiger partial charge in [0.2, 0.25) is 0 Å². The molecule has 1 saturated heterocycles. The minimum atomic E-state index is -0.634. The summed E-state index contributed by atoms with van der Waals surface area (Å²) in [6.45, 7) is 4.76. The molecule has 9 heteroatoms. The summed E-state index contributed by atoms with van der Waals surface area (Å²) in [7, 11) is 2.52. The summed E-state index contributed by atoms with van der Waals surface area (Å²) in [5.41, 5.74) is 3.75. The van der Waals surface area contributed by atoms with E-state index in [1.54, 1.807) is 4.90 Å². The molecular formula is C26H29N3O6. The van der Waals surface area contributed by atoms with E-state index < -0.39 is 11.9 Å². The highest BCUT2D eigenvalue weighted by Crippen LogP contribution is 2.29. The second-order valence-electron chi connectivity index (χ2n) is 8.38. The van der Waals surface area contributed by atoms with Crippen LogP contribution in [0.2, 0.25) is 0 Å². The number of nitrogens with zero attached hydrogens (tertiary/aromatic N) is 3. The number of esters is 2. The van der Waals surface area contributed by atoms with Gasteiger partial charge < -0.3 is 28.9 Å². The fourth-order valence-electron chi connectivity index (χ4n) is 4.24. The lowest BCUT2D eigenvalue weighted by Crippen LogP contribution is -2.48. The van der Waals surface area contributed by atoms with E-state index in [1.165, 1.54) is 14.2 Å². The summed E-state index contributed by atoms with van der Waals surface area (Å²) >= 11 is 0. The molecule has 0 bridgehead atoms. The molecule has 0 unspecified atom stereocenters. The highest BCUT2D eigenvalue weighted by Gasteiger charge is 2.32. The topological polar surface area (TPSA) is 88.6 Å². The Morgan fingerprint density at radius 3 is 2.00 bits per heavy atom. The summed E-state index contributed by atoms with van der Waals surface area (Å²) in [6, 6.07) is 15.3. The van der Waals surface area contributed by atoms with Crippen molar-refractivity contribution >= 4 is 29.2 Å². The fourth-order valence-corrected chi connectivity index (χ4v) is 4.24. The van der Waals surface area contributed by atoms with Crippen LogP contribution in [0.1, 0.15) is 15.9 Å². The zero-order chi connectivity index (χ0) is 24.9. The van der Waals surface area contributed by atoms with Crippen LogP contribution in [-0.2, 0) is 23.8 Å². The zero-order valence-electron chi connectivity index (χ0n) is 20.2. The first-order valence-corrected chi connectivity index (χ1v) is 11.4. The van der Waals surface area contributed by atoms with E-state index in [2.05, 4.69) is 4.90 Å². The normalized spacial score (nSPS) is 16.3. The van der Waals surface area contributed by atoms with Crippen molar-refractivity contribution < 1.29 is 28.6 Å². The van der Waals surface area contributed by atoms with E-state index >= 15 is 0 Å². The van der Waals surface area contributed by atoms with Crippen LogP contribution in [0.5, 0.6) is 0 Å². The molecule has 2 aliphatic rings. The number of hydrogen-bond donors (Lipinski definition) is 0. The Kier molecular flexibility index (Phi) is 7.36. The highest BCUT2D eigenvalue weighted by atomic mass is 16.5. The van der Waals surface area contributed by atoms with E-state index in [4.69, 9.17) is 14.2 Å². The molecule has 0 aromatic heterocycles. The van der Waals surface area contributed by atoms with Gasteiger partial charge in [0.15, 0.2) is 0 Å². The number of carbonyl (C=O) groups excluding carboxylic acids is 3. The van der Waals surface area contributed by atoms with Gasteiger partial charge in [-0.3, -0.25) is 4.79 Å². The average molecular weight is 480 g/mol. The molecule has 0 saturated carbocycles. The van der Waals surface area contributed by atoms with Crippen LogP contribution in [0.3, 0.4) is 0 Å². The molecule has 1 amide bonds. The minimum absolute atomic E-state index is 0.0305. The summed E-state index contributed by atoms with van der Waals surface area (Å²) in [5, 5.41) is 0. The molecule has 2 aromatic rings. The number of piperazine rings is 1. The number of benzene rings is 2. The number of rotatable bonds is 5. The molecule has 4 rings (SSSR count). The Hall–Kier alpha value is -3.85. The van der Waals surface area contributed by atoms with Crippen molar-refractivity contribution in [1.82, 2.24) is 4.90 Å². The van der Waals surface area contributed by atoms with Crippen molar-refractivity contribution in [1.29, 1.82) is 0 Å². The maximum atomic E-state index is 12.8. The lowest BCUT2D eigenvalue weighted by Gasteiger charge is -2.36. The minimum Gasteiger partial charge on any atom is -0.466 e.